The van der Waals surface area contributed by atoms with Crippen molar-refractivity contribution in [2.75, 3.05) is 0 Å². The lowest BCUT2D eigenvalue weighted by atomic mass is 9.39. The number of fused-ring (bicyclic) bond motifs is 4. The fourth-order valence-corrected chi connectivity index (χ4v) is 10.2. The van der Waals surface area contributed by atoms with Gasteiger partial charge in [0.2, 0.25) is 5.91 Å². The normalized spacial score (nSPS) is 33.7. The maximum atomic E-state index is 14.8. The van der Waals surface area contributed by atoms with E-state index >= 15 is 0 Å². The molecule has 6 rings (SSSR count). The number of aryl methyl sites for hydroxylation is 1. The Morgan fingerprint density at radius 2 is 1.63 bits per heavy atom. The zero-order chi connectivity index (χ0) is 36.0. The minimum absolute atomic E-state index is 0.0481. The third-order valence-corrected chi connectivity index (χ3v) is 12.2. The van der Waals surface area contributed by atoms with Crippen molar-refractivity contribution in [3.05, 3.63) is 63.7 Å². The molecule has 3 amide bonds. The monoisotopic (exact) mass is 674 g/mol. The third kappa shape index (κ3) is 4.76. The second-order valence-corrected chi connectivity index (χ2v) is 15.6. The molecule has 1 aliphatic heterocycles. The molecule has 11 nitrogen and oxygen atoms in total. The molecular formula is C38H46N2O9. The molecule has 49 heavy (non-hydrogen) atoms. The summed E-state index contributed by atoms with van der Waals surface area (Å²) in [6.45, 7) is 8.82. The highest BCUT2D eigenvalue weighted by Gasteiger charge is 2.76. The molecular weight excluding hydrogens is 628 g/mol. The van der Waals surface area contributed by atoms with Gasteiger partial charge in [0, 0.05) is 11.0 Å². The number of primary amides is 1. The van der Waals surface area contributed by atoms with Crippen LogP contribution in [0.5, 0.6) is 5.75 Å². The molecule has 2 aromatic carbocycles. The minimum Gasteiger partial charge on any atom is -0.507 e. The molecule has 0 bridgehead atoms. The molecule has 0 aromatic heterocycles. The number of benzene rings is 2. The predicted octanol–water partition coefficient (Wildman–Crippen LogP) is 3.10. The Kier molecular flexibility index (Phi) is 8.44. The van der Waals surface area contributed by atoms with Crippen molar-refractivity contribution >= 4 is 29.3 Å². The Balaban J connectivity index is 1.49. The van der Waals surface area contributed by atoms with Gasteiger partial charge in [-0.3, -0.25) is 28.9 Å². The largest absolute Gasteiger partial charge is 0.507 e. The summed E-state index contributed by atoms with van der Waals surface area (Å²) < 4.78 is 0. The number of carbonyl (C=O) groups is 5. The molecule has 262 valence electrons. The molecule has 0 radical (unpaired) electrons. The fourth-order valence-electron chi connectivity index (χ4n) is 10.2. The molecule has 0 spiro atoms. The van der Waals surface area contributed by atoms with Gasteiger partial charge in [0.05, 0.1) is 35.3 Å². The van der Waals surface area contributed by atoms with Crippen LogP contribution in [0.4, 0.5) is 0 Å². The van der Waals surface area contributed by atoms with Crippen LogP contribution in [0.1, 0.15) is 108 Å². The highest BCUT2D eigenvalue weighted by molar-refractivity contribution is 6.21. The number of phenolic OH excluding ortho intramolecular Hbond substituents is 1. The summed E-state index contributed by atoms with van der Waals surface area (Å²) >= 11 is 0. The summed E-state index contributed by atoms with van der Waals surface area (Å²) in [5.41, 5.74) is 2.46. The fraction of sp³-hybridized carbons (Fsp3) is 0.553. The van der Waals surface area contributed by atoms with Crippen LogP contribution in [-0.2, 0) is 29.0 Å². The van der Waals surface area contributed by atoms with Crippen LogP contribution in [0.25, 0.3) is 0 Å². The van der Waals surface area contributed by atoms with Gasteiger partial charge in [-0.25, -0.2) is 0 Å². The van der Waals surface area contributed by atoms with Crippen molar-refractivity contribution < 1.29 is 44.4 Å². The van der Waals surface area contributed by atoms with Gasteiger partial charge in [0.1, 0.15) is 17.8 Å². The molecule has 8 atom stereocenters. The average molecular weight is 675 g/mol. The number of carbonyl (C=O) groups excluding carboxylic acids is 5. The van der Waals surface area contributed by atoms with Gasteiger partial charge in [-0.2, -0.15) is 0 Å². The van der Waals surface area contributed by atoms with Crippen LogP contribution in [0, 0.1) is 34.5 Å². The molecule has 6 N–H and O–H groups in total. The number of amides is 3. The Morgan fingerprint density at radius 3 is 2.18 bits per heavy atom. The number of rotatable bonds is 8. The Bertz CT molecular complexity index is 1750. The molecule has 2 unspecified atom stereocenters. The van der Waals surface area contributed by atoms with Gasteiger partial charge in [-0.1, -0.05) is 59.6 Å². The van der Waals surface area contributed by atoms with Gasteiger partial charge in [0.25, 0.3) is 11.8 Å². The van der Waals surface area contributed by atoms with Crippen molar-refractivity contribution in [1.82, 2.24) is 4.90 Å². The number of phenols is 1. The second-order valence-electron chi connectivity index (χ2n) is 15.6. The molecule has 0 saturated heterocycles. The zero-order valence-corrected chi connectivity index (χ0v) is 28.7. The van der Waals surface area contributed by atoms with Crippen LogP contribution < -0.4 is 5.73 Å². The second kappa shape index (κ2) is 11.8. The van der Waals surface area contributed by atoms with Crippen molar-refractivity contribution in [3.63, 3.8) is 0 Å². The standard InChI is InChI=1S/C38H46N2O9/c1-6-7-8-11-19-14-20(16-40-34(47)21-12-9-10-13-22(21)35(40)48)28(41)24-23(19)15-36(4)17-37(5)26(18(2)3)30(43)25(33(39)46)31(44)38(37,49)32(45)27(36)29(24)42/h9-10,12-14,18,25-27,30,32,41,43,45,49H,6-8,11,15-17H2,1-5H3,(H2,39,46)/t25-,26+,27-,30?,32?,36-,37-,38+/m1/s1. The Labute approximate surface area is 285 Å². The van der Waals surface area contributed by atoms with E-state index < -0.39 is 81.4 Å². The summed E-state index contributed by atoms with van der Waals surface area (Å²) in [6.07, 6.45) is -0.0869. The topological polar surface area (TPSA) is 196 Å². The first-order chi connectivity index (χ1) is 23.0. The van der Waals surface area contributed by atoms with Crippen LogP contribution in [-0.4, -0.2) is 72.4 Å². The van der Waals surface area contributed by atoms with Crippen LogP contribution in [0.2, 0.25) is 0 Å². The van der Waals surface area contributed by atoms with E-state index in [1.165, 1.54) is 0 Å². The summed E-state index contributed by atoms with van der Waals surface area (Å²) in [4.78, 5) is 68.9. The first kappa shape index (κ1) is 34.9. The molecule has 11 heteroatoms. The zero-order valence-electron chi connectivity index (χ0n) is 28.7. The summed E-state index contributed by atoms with van der Waals surface area (Å²) in [5, 5.41) is 47.8. The smallest absolute Gasteiger partial charge is 0.261 e. The van der Waals surface area contributed by atoms with E-state index in [4.69, 9.17) is 5.73 Å². The highest BCUT2D eigenvalue weighted by atomic mass is 16.4. The van der Waals surface area contributed by atoms with E-state index in [1.54, 1.807) is 51.1 Å². The molecule has 1 heterocycles. The van der Waals surface area contributed by atoms with E-state index in [-0.39, 0.29) is 47.6 Å². The molecule has 2 fully saturated rings. The lowest BCUT2D eigenvalue weighted by Gasteiger charge is -2.66. The molecule has 2 saturated carbocycles. The van der Waals surface area contributed by atoms with Gasteiger partial charge in [0.15, 0.2) is 17.2 Å². The van der Waals surface area contributed by atoms with Crippen molar-refractivity contribution in [2.45, 2.75) is 97.5 Å². The van der Waals surface area contributed by atoms with Crippen LogP contribution in [0.3, 0.4) is 0 Å². The van der Waals surface area contributed by atoms with Gasteiger partial charge >= 0.3 is 0 Å². The number of unbranched alkanes of at least 4 members (excludes halogenated alkanes) is 2. The maximum Gasteiger partial charge on any atom is 0.261 e. The Morgan fingerprint density at radius 1 is 1.02 bits per heavy atom. The van der Waals surface area contributed by atoms with Gasteiger partial charge in [-0.05, 0) is 72.3 Å². The molecule has 4 aliphatic rings. The van der Waals surface area contributed by atoms with Crippen LogP contribution in [0.15, 0.2) is 30.3 Å². The van der Waals surface area contributed by atoms with Gasteiger partial charge < -0.3 is 26.2 Å². The third-order valence-electron chi connectivity index (χ3n) is 12.2. The summed E-state index contributed by atoms with van der Waals surface area (Å²) in [5.74, 6) is -8.75. The quantitative estimate of drug-likeness (QED) is 0.159. The predicted molar refractivity (Wildman–Crippen MR) is 177 cm³/mol. The molecule has 3 aliphatic carbocycles. The number of aliphatic hydroxyl groups excluding tert-OH is 2. The number of nitrogens with zero attached hydrogens (tertiary/aromatic N) is 1. The number of hydrogen-bond acceptors (Lipinski definition) is 9. The van der Waals surface area contributed by atoms with Gasteiger partial charge in [-0.15, -0.1) is 0 Å². The van der Waals surface area contributed by atoms with E-state index in [1.807, 2.05) is 6.92 Å². The number of Topliss-reactive ketones (excluding diaryl/α,β-unsaturated/α-hetero) is 2. The van der Waals surface area contributed by atoms with Crippen molar-refractivity contribution in [3.8, 4) is 5.75 Å². The van der Waals surface area contributed by atoms with E-state index in [0.29, 0.717) is 12.0 Å². The van der Waals surface area contributed by atoms with E-state index in [2.05, 4.69) is 6.92 Å². The first-order valence-corrected chi connectivity index (χ1v) is 17.2. The number of aromatic hydroxyl groups is 1. The molecule has 2 aromatic rings. The summed E-state index contributed by atoms with van der Waals surface area (Å²) in [6, 6.07) is 8.19. The van der Waals surface area contributed by atoms with Crippen molar-refractivity contribution in [1.29, 1.82) is 0 Å². The average Bonchev–Trinajstić information content (AvgIpc) is 3.25. The highest BCUT2D eigenvalue weighted by Crippen LogP contribution is 2.66. The number of ketones is 2. The van der Waals surface area contributed by atoms with Crippen molar-refractivity contribution in [2.24, 2.45) is 40.2 Å². The van der Waals surface area contributed by atoms with Crippen LogP contribution >= 0.6 is 0 Å². The SMILES string of the molecule is CCCCCc1cc(CN2C(=O)c3ccccc3C2=O)c(O)c2c1C[C@]1(C)C[C@]3(C)[C@@H](C(C)C)C(O)[C@@H](C(N)=O)C(=O)[C@]3(O)C(O)[C@H]1C2=O. The lowest BCUT2D eigenvalue weighted by molar-refractivity contribution is -0.265. The first-order valence-electron chi connectivity index (χ1n) is 17.2. The minimum atomic E-state index is -2.62. The number of hydrogen-bond donors (Lipinski definition) is 5. The Hall–Kier alpha value is -3.93. The lowest BCUT2D eigenvalue weighted by Crippen LogP contribution is -2.79. The number of aliphatic hydroxyl groups is 3. The maximum absolute atomic E-state index is 14.8. The van der Waals surface area contributed by atoms with E-state index in [0.717, 1.165) is 29.7 Å². The number of imide groups is 1. The summed E-state index contributed by atoms with van der Waals surface area (Å²) in [7, 11) is 0. The number of nitrogens with two attached hydrogens (primary N) is 1. The van der Waals surface area contributed by atoms with E-state index in [9.17, 15) is 44.4 Å².